The average Bonchev–Trinajstić information content (AvgIpc) is 2.88. The second kappa shape index (κ2) is 12.2. The van der Waals surface area contributed by atoms with Gasteiger partial charge in [0.05, 0.1) is 23.9 Å². The molecule has 1 amide bonds. The molecule has 37 heavy (non-hydrogen) atoms. The maximum absolute atomic E-state index is 13.5. The Morgan fingerprint density at radius 1 is 1.00 bits per heavy atom. The highest BCUT2D eigenvalue weighted by Gasteiger charge is 2.27. The summed E-state index contributed by atoms with van der Waals surface area (Å²) in [6.45, 7) is 9.21. The lowest BCUT2D eigenvalue weighted by Gasteiger charge is -2.24. The molecule has 0 aliphatic heterocycles. The lowest BCUT2D eigenvalue weighted by atomic mass is 10.1. The van der Waals surface area contributed by atoms with Gasteiger partial charge in [-0.3, -0.25) is 9.10 Å². The number of carbonyl (C=O) groups is 1. The van der Waals surface area contributed by atoms with E-state index in [1.807, 2.05) is 26.8 Å². The van der Waals surface area contributed by atoms with Gasteiger partial charge in [-0.05, 0) is 79.9 Å². The minimum atomic E-state index is -4.01. The standard InChI is InChI=1S/C28H31N3O5S/c1-6-15-36-26-14-10-23(17-27(26)35-5)18-29-30-28(32)19-31(24-11-9-21(3)22(4)16-24)37(33,34)25-12-7-20(2)8-13-25/h6-14,16-18H,1,15,19H2,2-5H3,(H,30,32)/b29-18-. The number of aryl methyl sites for hydroxylation is 3. The van der Waals surface area contributed by atoms with Gasteiger partial charge >= 0.3 is 0 Å². The third-order valence-electron chi connectivity index (χ3n) is 5.62. The van der Waals surface area contributed by atoms with E-state index in [1.54, 1.807) is 48.5 Å². The number of ether oxygens (including phenoxy) is 2. The molecule has 3 aromatic carbocycles. The first-order valence-corrected chi connectivity index (χ1v) is 13.0. The van der Waals surface area contributed by atoms with Gasteiger partial charge in [0.15, 0.2) is 11.5 Å². The number of benzene rings is 3. The largest absolute Gasteiger partial charge is 0.493 e. The van der Waals surface area contributed by atoms with Gasteiger partial charge in [0.2, 0.25) is 0 Å². The van der Waals surface area contributed by atoms with E-state index in [4.69, 9.17) is 9.47 Å². The second-order valence-electron chi connectivity index (χ2n) is 8.40. The fraction of sp³-hybridized carbons (Fsp3) is 0.214. The van der Waals surface area contributed by atoms with Crippen molar-refractivity contribution in [1.82, 2.24) is 5.43 Å². The highest BCUT2D eigenvalue weighted by atomic mass is 32.2. The van der Waals surface area contributed by atoms with Gasteiger partial charge in [0.1, 0.15) is 13.2 Å². The molecule has 3 aromatic rings. The van der Waals surface area contributed by atoms with Crippen molar-refractivity contribution in [3.8, 4) is 11.5 Å². The van der Waals surface area contributed by atoms with Gasteiger partial charge in [-0.2, -0.15) is 5.10 Å². The molecule has 3 rings (SSSR count). The number of anilines is 1. The number of sulfonamides is 1. The number of methoxy groups -OCH3 is 1. The summed E-state index contributed by atoms with van der Waals surface area (Å²) in [7, 11) is -2.49. The average molecular weight is 522 g/mol. The molecular formula is C28H31N3O5S. The summed E-state index contributed by atoms with van der Waals surface area (Å²) in [6, 6.07) is 16.9. The Balaban J connectivity index is 1.81. The van der Waals surface area contributed by atoms with E-state index in [1.165, 1.54) is 25.5 Å². The van der Waals surface area contributed by atoms with Crippen molar-refractivity contribution < 1.29 is 22.7 Å². The number of nitrogens with one attached hydrogen (secondary N) is 1. The summed E-state index contributed by atoms with van der Waals surface area (Å²) in [5, 5.41) is 3.99. The SMILES string of the molecule is C=CCOc1ccc(/C=N\NC(=O)CN(c2ccc(C)c(C)c2)S(=O)(=O)c2ccc(C)cc2)cc1OC. The van der Waals surface area contributed by atoms with Crippen LogP contribution in [0.3, 0.4) is 0 Å². The number of rotatable bonds is 11. The molecule has 0 saturated carbocycles. The van der Waals surface area contributed by atoms with Crippen LogP contribution in [-0.4, -0.2) is 40.8 Å². The molecule has 0 aliphatic carbocycles. The molecule has 9 heteroatoms. The molecule has 0 atom stereocenters. The fourth-order valence-corrected chi connectivity index (χ4v) is 4.82. The van der Waals surface area contributed by atoms with Crippen molar-refractivity contribution in [2.24, 2.45) is 5.10 Å². The monoisotopic (exact) mass is 521 g/mol. The molecular weight excluding hydrogens is 490 g/mol. The van der Waals surface area contributed by atoms with Crippen molar-refractivity contribution in [1.29, 1.82) is 0 Å². The second-order valence-corrected chi connectivity index (χ2v) is 10.3. The summed E-state index contributed by atoms with van der Waals surface area (Å²) >= 11 is 0. The topological polar surface area (TPSA) is 97.3 Å². The Hall–Kier alpha value is -4.11. The van der Waals surface area contributed by atoms with Gasteiger partial charge < -0.3 is 9.47 Å². The highest BCUT2D eigenvalue weighted by molar-refractivity contribution is 7.92. The molecule has 194 valence electrons. The molecule has 0 radical (unpaired) electrons. The number of amides is 1. The fourth-order valence-electron chi connectivity index (χ4n) is 3.41. The van der Waals surface area contributed by atoms with Crippen LogP contribution in [0.4, 0.5) is 5.69 Å². The van der Waals surface area contributed by atoms with Gasteiger partial charge in [0.25, 0.3) is 15.9 Å². The minimum absolute atomic E-state index is 0.0958. The molecule has 0 spiro atoms. The first-order chi connectivity index (χ1) is 17.6. The van der Waals surface area contributed by atoms with Crippen LogP contribution < -0.4 is 19.2 Å². The van der Waals surface area contributed by atoms with Gasteiger partial charge in [0, 0.05) is 0 Å². The Bertz CT molecular complexity index is 1400. The summed E-state index contributed by atoms with van der Waals surface area (Å²) < 4.78 is 39.0. The van der Waals surface area contributed by atoms with E-state index in [-0.39, 0.29) is 4.90 Å². The summed E-state index contributed by atoms with van der Waals surface area (Å²) in [6.07, 6.45) is 3.07. The molecule has 0 aromatic heterocycles. The predicted molar refractivity (Wildman–Crippen MR) is 146 cm³/mol. The lowest BCUT2D eigenvalue weighted by molar-refractivity contribution is -0.119. The van der Waals surface area contributed by atoms with Gasteiger partial charge in [-0.1, -0.05) is 36.4 Å². The molecule has 0 fully saturated rings. The molecule has 0 unspecified atom stereocenters. The number of carbonyl (C=O) groups excluding carboxylic acids is 1. The number of hydrazone groups is 1. The Labute approximate surface area is 218 Å². The van der Waals surface area contributed by atoms with E-state index in [9.17, 15) is 13.2 Å². The van der Waals surface area contributed by atoms with Gasteiger partial charge in [-0.25, -0.2) is 13.8 Å². The van der Waals surface area contributed by atoms with Crippen molar-refractivity contribution in [2.45, 2.75) is 25.7 Å². The number of nitrogens with zero attached hydrogens (tertiary/aromatic N) is 2. The van der Waals surface area contributed by atoms with E-state index in [2.05, 4.69) is 17.1 Å². The smallest absolute Gasteiger partial charge is 0.264 e. The highest BCUT2D eigenvalue weighted by Crippen LogP contribution is 2.28. The number of hydrogen-bond acceptors (Lipinski definition) is 6. The lowest BCUT2D eigenvalue weighted by Crippen LogP contribution is -2.39. The van der Waals surface area contributed by atoms with Crippen LogP contribution in [0.2, 0.25) is 0 Å². The zero-order chi connectivity index (χ0) is 27.0. The third-order valence-corrected chi connectivity index (χ3v) is 7.41. The van der Waals surface area contributed by atoms with Crippen LogP contribution in [0.25, 0.3) is 0 Å². The Kier molecular flexibility index (Phi) is 9.08. The van der Waals surface area contributed by atoms with Crippen LogP contribution in [-0.2, 0) is 14.8 Å². The quantitative estimate of drug-likeness (QED) is 0.227. The minimum Gasteiger partial charge on any atom is -0.493 e. The van der Waals surface area contributed by atoms with E-state index in [0.29, 0.717) is 29.4 Å². The maximum Gasteiger partial charge on any atom is 0.264 e. The summed E-state index contributed by atoms with van der Waals surface area (Å²) in [5.41, 5.74) is 6.32. The van der Waals surface area contributed by atoms with Gasteiger partial charge in [-0.15, -0.1) is 0 Å². The molecule has 8 nitrogen and oxygen atoms in total. The molecule has 0 saturated heterocycles. The van der Waals surface area contributed by atoms with Crippen molar-refractivity contribution in [3.05, 3.63) is 95.6 Å². The maximum atomic E-state index is 13.5. The van der Waals surface area contributed by atoms with Crippen LogP contribution in [0.15, 0.2) is 83.3 Å². The Morgan fingerprint density at radius 2 is 1.73 bits per heavy atom. The molecule has 1 N–H and O–H groups in total. The summed E-state index contributed by atoms with van der Waals surface area (Å²) in [5.74, 6) is 0.458. The molecule has 0 aliphatic rings. The van der Waals surface area contributed by atoms with E-state index < -0.39 is 22.5 Å². The van der Waals surface area contributed by atoms with Crippen molar-refractivity contribution in [3.63, 3.8) is 0 Å². The summed E-state index contributed by atoms with van der Waals surface area (Å²) in [4.78, 5) is 12.9. The normalized spacial score (nSPS) is 11.2. The zero-order valence-electron chi connectivity index (χ0n) is 21.4. The van der Waals surface area contributed by atoms with E-state index >= 15 is 0 Å². The predicted octanol–water partition coefficient (Wildman–Crippen LogP) is 4.53. The Morgan fingerprint density at radius 3 is 2.38 bits per heavy atom. The van der Waals surface area contributed by atoms with Crippen molar-refractivity contribution >= 4 is 27.8 Å². The molecule has 0 bridgehead atoms. The van der Waals surface area contributed by atoms with Crippen LogP contribution in [0.1, 0.15) is 22.3 Å². The number of hydrogen-bond donors (Lipinski definition) is 1. The van der Waals surface area contributed by atoms with Crippen LogP contribution >= 0.6 is 0 Å². The van der Waals surface area contributed by atoms with Crippen LogP contribution in [0.5, 0.6) is 11.5 Å². The third kappa shape index (κ3) is 6.98. The molecule has 0 heterocycles. The first-order valence-electron chi connectivity index (χ1n) is 11.6. The zero-order valence-corrected chi connectivity index (χ0v) is 22.2. The van der Waals surface area contributed by atoms with Crippen LogP contribution in [0, 0.1) is 20.8 Å². The first kappa shape index (κ1) is 27.5. The van der Waals surface area contributed by atoms with E-state index in [0.717, 1.165) is 21.0 Å². The van der Waals surface area contributed by atoms with Crippen molar-refractivity contribution in [2.75, 3.05) is 24.6 Å².